The van der Waals surface area contributed by atoms with Crippen LogP contribution in [-0.4, -0.2) is 34.0 Å². The van der Waals surface area contributed by atoms with Crippen molar-refractivity contribution in [1.82, 2.24) is 20.1 Å². The molecule has 1 rings (SSSR count). The van der Waals surface area contributed by atoms with Crippen molar-refractivity contribution in [1.29, 1.82) is 0 Å². The number of nitrogens with one attached hydrogen (secondary N) is 1. The first-order chi connectivity index (χ1) is 7.09. The van der Waals surface area contributed by atoms with Crippen LogP contribution in [0.2, 0.25) is 0 Å². The number of ether oxygens (including phenoxy) is 1. The number of hydrogen-bond acceptors (Lipinski definition) is 4. The van der Waals surface area contributed by atoms with E-state index in [1.807, 2.05) is 18.5 Å². The van der Waals surface area contributed by atoms with Gasteiger partial charge in [-0.05, 0) is 20.8 Å². The SMILES string of the molecule is CCn1ncnc1CNCC(C)(C)OC. The summed E-state index contributed by atoms with van der Waals surface area (Å²) in [6, 6.07) is 0. The Kier molecular flexibility index (Phi) is 4.23. The van der Waals surface area contributed by atoms with E-state index in [1.165, 1.54) is 0 Å². The molecule has 1 aromatic heterocycles. The molecule has 0 aliphatic rings. The van der Waals surface area contributed by atoms with Crippen LogP contribution in [-0.2, 0) is 17.8 Å². The van der Waals surface area contributed by atoms with Crippen LogP contribution in [0, 0.1) is 0 Å². The van der Waals surface area contributed by atoms with Crippen LogP contribution in [0.1, 0.15) is 26.6 Å². The van der Waals surface area contributed by atoms with Gasteiger partial charge in [-0.1, -0.05) is 0 Å². The van der Waals surface area contributed by atoms with E-state index in [1.54, 1.807) is 13.4 Å². The minimum Gasteiger partial charge on any atom is -0.377 e. The van der Waals surface area contributed by atoms with Crippen molar-refractivity contribution in [3.63, 3.8) is 0 Å². The number of methoxy groups -OCH3 is 1. The monoisotopic (exact) mass is 212 g/mol. The first-order valence-corrected chi connectivity index (χ1v) is 5.21. The Morgan fingerprint density at radius 2 is 2.27 bits per heavy atom. The molecule has 0 fully saturated rings. The summed E-state index contributed by atoms with van der Waals surface area (Å²) in [6.07, 6.45) is 1.59. The molecule has 0 atom stereocenters. The topological polar surface area (TPSA) is 52.0 Å². The summed E-state index contributed by atoms with van der Waals surface area (Å²) in [5.74, 6) is 0.962. The zero-order valence-electron chi connectivity index (χ0n) is 9.95. The van der Waals surface area contributed by atoms with Crippen molar-refractivity contribution in [2.45, 2.75) is 39.5 Å². The third kappa shape index (κ3) is 3.60. The lowest BCUT2D eigenvalue weighted by atomic mass is 10.1. The summed E-state index contributed by atoms with van der Waals surface area (Å²) in [7, 11) is 1.72. The molecule has 0 saturated heterocycles. The molecule has 0 aliphatic heterocycles. The van der Waals surface area contributed by atoms with Crippen LogP contribution in [0.25, 0.3) is 0 Å². The third-order valence-electron chi connectivity index (χ3n) is 2.38. The second-order valence-electron chi connectivity index (χ2n) is 4.06. The van der Waals surface area contributed by atoms with Crippen LogP contribution in [0.15, 0.2) is 6.33 Å². The summed E-state index contributed by atoms with van der Waals surface area (Å²) < 4.78 is 7.19. The first kappa shape index (κ1) is 12.1. The molecule has 5 nitrogen and oxygen atoms in total. The highest BCUT2D eigenvalue weighted by atomic mass is 16.5. The summed E-state index contributed by atoms with van der Waals surface area (Å²) in [5, 5.41) is 7.41. The van der Waals surface area contributed by atoms with E-state index in [4.69, 9.17) is 4.74 Å². The highest BCUT2D eigenvalue weighted by Crippen LogP contribution is 2.05. The molecule has 0 spiro atoms. The molecule has 15 heavy (non-hydrogen) atoms. The van der Waals surface area contributed by atoms with Gasteiger partial charge in [0.2, 0.25) is 0 Å². The fourth-order valence-corrected chi connectivity index (χ4v) is 1.24. The second-order valence-corrected chi connectivity index (χ2v) is 4.06. The molecule has 5 heteroatoms. The van der Waals surface area contributed by atoms with Gasteiger partial charge in [-0.25, -0.2) is 9.67 Å². The Bertz CT molecular complexity index is 295. The number of aryl methyl sites for hydroxylation is 1. The van der Waals surface area contributed by atoms with Crippen LogP contribution in [0.3, 0.4) is 0 Å². The molecule has 0 aromatic carbocycles. The summed E-state index contributed by atoms with van der Waals surface area (Å²) in [5.41, 5.74) is -0.142. The molecule has 1 N–H and O–H groups in total. The van der Waals surface area contributed by atoms with Crippen LogP contribution >= 0.6 is 0 Å². The molecule has 0 bridgehead atoms. The molecule has 0 aliphatic carbocycles. The van der Waals surface area contributed by atoms with Gasteiger partial charge in [0.25, 0.3) is 0 Å². The highest BCUT2D eigenvalue weighted by molar-refractivity contribution is 4.84. The minimum atomic E-state index is -0.142. The number of rotatable bonds is 6. The van der Waals surface area contributed by atoms with E-state index in [2.05, 4.69) is 22.3 Å². The fourth-order valence-electron chi connectivity index (χ4n) is 1.24. The Morgan fingerprint density at radius 1 is 1.53 bits per heavy atom. The average molecular weight is 212 g/mol. The van der Waals surface area contributed by atoms with Gasteiger partial charge >= 0.3 is 0 Å². The lowest BCUT2D eigenvalue weighted by Gasteiger charge is -2.23. The standard InChI is InChI=1S/C10H20N4O/c1-5-14-9(12-8-13-14)6-11-7-10(2,3)15-4/h8,11H,5-7H2,1-4H3. The van der Waals surface area contributed by atoms with Gasteiger partial charge in [-0.3, -0.25) is 0 Å². The molecular formula is C10H20N4O. The maximum atomic E-state index is 5.31. The molecule has 0 radical (unpaired) electrons. The van der Waals surface area contributed by atoms with Gasteiger partial charge in [-0.2, -0.15) is 5.10 Å². The van der Waals surface area contributed by atoms with Crippen molar-refractivity contribution < 1.29 is 4.74 Å². The van der Waals surface area contributed by atoms with E-state index in [-0.39, 0.29) is 5.60 Å². The summed E-state index contributed by atoms with van der Waals surface area (Å²) >= 11 is 0. The average Bonchev–Trinajstić information content (AvgIpc) is 2.65. The number of aromatic nitrogens is 3. The number of nitrogens with zero attached hydrogens (tertiary/aromatic N) is 3. The maximum absolute atomic E-state index is 5.31. The van der Waals surface area contributed by atoms with Gasteiger partial charge in [0.15, 0.2) is 0 Å². The first-order valence-electron chi connectivity index (χ1n) is 5.21. The van der Waals surface area contributed by atoms with E-state index in [0.717, 1.165) is 25.5 Å². The van der Waals surface area contributed by atoms with Gasteiger partial charge in [0.05, 0.1) is 12.1 Å². The van der Waals surface area contributed by atoms with Crippen molar-refractivity contribution in [2.24, 2.45) is 0 Å². The smallest absolute Gasteiger partial charge is 0.140 e. The molecule has 0 unspecified atom stereocenters. The van der Waals surface area contributed by atoms with Crippen LogP contribution in [0.5, 0.6) is 0 Å². The van der Waals surface area contributed by atoms with Crippen molar-refractivity contribution in [2.75, 3.05) is 13.7 Å². The maximum Gasteiger partial charge on any atom is 0.140 e. The van der Waals surface area contributed by atoms with Crippen molar-refractivity contribution >= 4 is 0 Å². The van der Waals surface area contributed by atoms with Crippen molar-refractivity contribution in [3.05, 3.63) is 12.2 Å². The largest absolute Gasteiger partial charge is 0.377 e. The predicted octanol–water partition coefficient (Wildman–Crippen LogP) is 0.813. The summed E-state index contributed by atoms with van der Waals surface area (Å²) in [6.45, 7) is 8.51. The minimum absolute atomic E-state index is 0.142. The highest BCUT2D eigenvalue weighted by Gasteiger charge is 2.15. The second kappa shape index (κ2) is 5.23. The quantitative estimate of drug-likeness (QED) is 0.758. The van der Waals surface area contributed by atoms with E-state index >= 15 is 0 Å². The fraction of sp³-hybridized carbons (Fsp3) is 0.800. The van der Waals surface area contributed by atoms with E-state index in [9.17, 15) is 0 Å². The molecule has 1 aromatic rings. The molecule has 1 heterocycles. The predicted molar refractivity (Wildman–Crippen MR) is 58.5 cm³/mol. The zero-order chi connectivity index (χ0) is 11.3. The van der Waals surface area contributed by atoms with E-state index in [0.29, 0.717) is 0 Å². The normalized spacial score (nSPS) is 12.0. The summed E-state index contributed by atoms with van der Waals surface area (Å²) in [4.78, 5) is 4.18. The zero-order valence-corrected chi connectivity index (χ0v) is 9.95. The van der Waals surface area contributed by atoms with Gasteiger partial charge in [-0.15, -0.1) is 0 Å². The van der Waals surface area contributed by atoms with E-state index < -0.39 is 0 Å². The van der Waals surface area contributed by atoms with Gasteiger partial charge < -0.3 is 10.1 Å². The Labute approximate surface area is 90.8 Å². The lowest BCUT2D eigenvalue weighted by molar-refractivity contribution is 0.0229. The lowest BCUT2D eigenvalue weighted by Crippen LogP contribution is -2.36. The van der Waals surface area contributed by atoms with Crippen LogP contribution < -0.4 is 5.32 Å². The molecular weight excluding hydrogens is 192 g/mol. The Morgan fingerprint density at radius 3 is 2.87 bits per heavy atom. The Balaban J connectivity index is 2.38. The molecule has 86 valence electrons. The third-order valence-corrected chi connectivity index (χ3v) is 2.38. The molecule has 0 amide bonds. The number of hydrogen-bond donors (Lipinski definition) is 1. The molecule has 0 saturated carbocycles. The van der Waals surface area contributed by atoms with Crippen molar-refractivity contribution in [3.8, 4) is 0 Å². The Hall–Kier alpha value is -0.940. The van der Waals surface area contributed by atoms with Crippen LogP contribution in [0.4, 0.5) is 0 Å². The van der Waals surface area contributed by atoms with Gasteiger partial charge in [0, 0.05) is 20.2 Å². The van der Waals surface area contributed by atoms with Gasteiger partial charge in [0.1, 0.15) is 12.2 Å².